The standard InChI is InChI=1S/C4H4N2O3/c5-2-1-9-6-3(2)4(7)8/h1H,5H2,(H,7,8). The van der Waals surface area contributed by atoms with Gasteiger partial charge in [-0.25, -0.2) is 4.79 Å². The molecule has 1 heterocycles. The zero-order chi connectivity index (χ0) is 6.85. The summed E-state index contributed by atoms with van der Waals surface area (Å²) in [5, 5.41) is 11.4. The molecule has 1 aromatic rings. The first kappa shape index (κ1) is 5.61. The van der Waals surface area contributed by atoms with Crippen LogP contribution in [0, 0.1) is 0 Å². The van der Waals surface area contributed by atoms with Gasteiger partial charge in [-0.05, 0) is 0 Å². The average Bonchev–Trinajstić information content (AvgIpc) is 2.13. The molecule has 3 N–H and O–H groups in total. The van der Waals surface area contributed by atoms with E-state index < -0.39 is 5.97 Å². The van der Waals surface area contributed by atoms with Crippen LogP contribution in [0.3, 0.4) is 0 Å². The number of hydrogen-bond donors (Lipinski definition) is 2. The van der Waals surface area contributed by atoms with Crippen molar-refractivity contribution in [3.63, 3.8) is 0 Å². The van der Waals surface area contributed by atoms with Gasteiger partial charge in [0, 0.05) is 0 Å². The van der Waals surface area contributed by atoms with E-state index in [4.69, 9.17) is 10.8 Å². The monoisotopic (exact) mass is 128 g/mol. The van der Waals surface area contributed by atoms with E-state index in [1.807, 2.05) is 0 Å². The average molecular weight is 128 g/mol. The van der Waals surface area contributed by atoms with Gasteiger partial charge < -0.3 is 15.4 Å². The molecule has 0 aromatic carbocycles. The summed E-state index contributed by atoms with van der Waals surface area (Å²) in [5.41, 5.74) is 4.91. The Bertz CT molecular complexity index is 229. The summed E-state index contributed by atoms with van der Waals surface area (Å²) in [5.74, 6) is -1.18. The molecular weight excluding hydrogens is 124 g/mol. The maximum Gasteiger partial charge on any atom is 0.360 e. The van der Waals surface area contributed by atoms with Gasteiger partial charge in [0.15, 0.2) is 0 Å². The van der Waals surface area contributed by atoms with Gasteiger partial charge in [0.25, 0.3) is 0 Å². The summed E-state index contributed by atoms with van der Waals surface area (Å²) in [4.78, 5) is 10.1. The molecule has 9 heavy (non-hydrogen) atoms. The molecule has 0 amide bonds. The van der Waals surface area contributed by atoms with Gasteiger partial charge in [-0.3, -0.25) is 0 Å². The molecule has 5 heteroatoms. The second-order valence-corrected chi connectivity index (χ2v) is 1.42. The fraction of sp³-hybridized carbons (Fsp3) is 0. The number of carboxylic acids is 1. The molecule has 0 radical (unpaired) electrons. The van der Waals surface area contributed by atoms with Crippen LogP contribution in [0.25, 0.3) is 0 Å². The van der Waals surface area contributed by atoms with Crippen molar-refractivity contribution in [2.24, 2.45) is 0 Å². The van der Waals surface area contributed by atoms with Crippen LogP contribution in [0.4, 0.5) is 5.69 Å². The molecular formula is C4H4N2O3. The predicted octanol–water partition coefficient (Wildman–Crippen LogP) is -0.0450. The molecule has 48 valence electrons. The number of anilines is 1. The van der Waals surface area contributed by atoms with E-state index in [0.29, 0.717) is 0 Å². The van der Waals surface area contributed by atoms with Crippen LogP contribution in [-0.2, 0) is 0 Å². The second-order valence-electron chi connectivity index (χ2n) is 1.42. The minimum absolute atomic E-state index is 0.0440. The Morgan fingerprint density at radius 3 is 2.78 bits per heavy atom. The third-order valence-corrected chi connectivity index (χ3v) is 0.800. The summed E-state index contributed by atoms with van der Waals surface area (Å²) in [7, 11) is 0. The highest BCUT2D eigenvalue weighted by atomic mass is 16.5. The zero-order valence-corrected chi connectivity index (χ0v) is 4.37. The highest BCUT2D eigenvalue weighted by Gasteiger charge is 2.10. The first-order valence-electron chi connectivity index (χ1n) is 2.15. The number of carboxylic acid groups (broad SMARTS) is 1. The van der Waals surface area contributed by atoms with E-state index in [1.165, 1.54) is 0 Å². The lowest BCUT2D eigenvalue weighted by molar-refractivity contribution is 0.0687. The molecule has 0 saturated carbocycles. The SMILES string of the molecule is Nc1conc1C(=O)O. The fourth-order valence-electron chi connectivity index (χ4n) is 0.407. The number of carbonyl (C=O) groups is 1. The van der Waals surface area contributed by atoms with Crippen molar-refractivity contribution in [3.8, 4) is 0 Å². The molecule has 0 fully saturated rings. The van der Waals surface area contributed by atoms with Gasteiger partial charge in [-0.2, -0.15) is 0 Å². The Balaban J connectivity index is 3.08. The van der Waals surface area contributed by atoms with Gasteiger partial charge in [-0.1, -0.05) is 5.16 Å². The van der Waals surface area contributed by atoms with E-state index in [0.717, 1.165) is 6.26 Å². The van der Waals surface area contributed by atoms with E-state index in [-0.39, 0.29) is 11.4 Å². The fourth-order valence-corrected chi connectivity index (χ4v) is 0.407. The number of hydrogen-bond acceptors (Lipinski definition) is 4. The molecule has 0 atom stereocenters. The number of rotatable bonds is 1. The summed E-state index contributed by atoms with van der Waals surface area (Å²) in [6.45, 7) is 0. The van der Waals surface area contributed by atoms with Crippen LogP contribution in [-0.4, -0.2) is 16.2 Å². The highest BCUT2D eigenvalue weighted by Crippen LogP contribution is 2.06. The van der Waals surface area contributed by atoms with Crippen molar-refractivity contribution in [3.05, 3.63) is 12.0 Å². The molecule has 0 saturated heterocycles. The highest BCUT2D eigenvalue weighted by molar-refractivity contribution is 5.90. The topological polar surface area (TPSA) is 89.4 Å². The summed E-state index contributed by atoms with van der Waals surface area (Å²) >= 11 is 0. The largest absolute Gasteiger partial charge is 0.476 e. The van der Waals surface area contributed by atoms with Crippen LogP contribution in [0.15, 0.2) is 10.8 Å². The van der Waals surface area contributed by atoms with E-state index >= 15 is 0 Å². The van der Waals surface area contributed by atoms with Crippen molar-refractivity contribution in [1.82, 2.24) is 5.16 Å². The normalized spacial score (nSPS) is 9.33. The maximum atomic E-state index is 10.1. The minimum Gasteiger partial charge on any atom is -0.476 e. The number of nitrogens with two attached hydrogens (primary N) is 1. The number of aromatic carboxylic acids is 1. The molecule has 1 rings (SSSR count). The van der Waals surface area contributed by atoms with Crippen molar-refractivity contribution in [1.29, 1.82) is 0 Å². The van der Waals surface area contributed by atoms with Gasteiger partial charge in [0.05, 0.1) is 0 Å². The lowest BCUT2D eigenvalue weighted by atomic mass is 10.4. The molecule has 0 aliphatic rings. The predicted molar refractivity (Wildman–Crippen MR) is 27.9 cm³/mol. The van der Waals surface area contributed by atoms with Crippen molar-refractivity contribution in [2.75, 3.05) is 5.73 Å². The number of nitrogen functional groups attached to an aromatic ring is 1. The zero-order valence-electron chi connectivity index (χ0n) is 4.37. The number of aromatic nitrogens is 1. The van der Waals surface area contributed by atoms with E-state index in [9.17, 15) is 4.79 Å². The second kappa shape index (κ2) is 1.77. The van der Waals surface area contributed by atoms with E-state index in [2.05, 4.69) is 9.68 Å². The Labute approximate surface area is 50.1 Å². The third-order valence-electron chi connectivity index (χ3n) is 0.800. The summed E-state index contributed by atoms with van der Waals surface area (Å²) in [6, 6.07) is 0. The van der Waals surface area contributed by atoms with Crippen molar-refractivity contribution < 1.29 is 14.4 Å². The van der Waals surface area contributed by atoms with Crippen LogP contribution < -0.4 is 5.73 Å². The smallest absolute Gasteiger partial charge is 0.360 e. The molecule has 0 aliphatic heterocycles. The van der Waals surface area contributed by atoms with Crippen LogP contribution >= 0.6 is 0 Å². The van der Waals surface area contributed by atoms with Crippen LogP contribution in [0.1, 0.15) is 10.5 Å². The van der Waals surface area contributed by atoms with Crippen molar-refractivity contribution >= 4 is 11.7 Å². The molecule has 5 nitrogen and oxygen atoms in total. The molecule has 0 spiro atoms. The molecule has 1 aromatic heterocycles. The molecule has 0 unspecified atom stereocenters. The number of nitrogens with zero attached hydrogens (tertiary/aromatic N) is 1. The third kappa shape index (κ3) is 0.835. The molecule has 0 aliphatic carbocycles. The first-order chi connectivity index (χ1) is 4.22. The van der Waals surface area contributed by atoms with Crippen LogP contribution in [0.5, 0.6) is 0 Å². The Hall–Kier alpha value is -1.52. The quantitative estimate of drug-likeness (QED) is 0.553. The van der Waals surface area contributed by atoms with Gasteiger partial charge in [-0.15, -0.1) is 0 Å². The van der Waals surface area contributed by atoms with Gasteiger partial charge in [0.2, 0.25) is 5.69 Å². The van der Waals surface area contributed by atoms with E-state index in [1.54, 1.807) is 0 Å². The van der Waals surface area contributed by atoms with Crippen molar-refractivity contribution in [2.45, 2.75) is 0 Å². The molecule has 0 bridgehead atoms. The Kier molecular flexibility index (Phi) is 1.11. The first-order valence-corrected chi connectivity index (χ1v) is 2.15. The minimum atomic E-state index is -1.18. The Morgan fingerprint density at radius 1 is 1.89 bits per heavy atom. The van der Waals surface area contributed by atoms with Gasteiger partial charge in [0.1, 0.15) is 12.0 Å². The lowest BCUT2D eigenvalue weighted by Crippen LogP contribution is -2.00. The maximum absolute atomic E-state index is 10.1. The summed E-state index contributed by atoms with van der Waals surface area (Å²) < 4.78 is 4.25. The summed E-state index contributed by atoms with van der Waals surface area (Å²) in [6.07, 6.45) is 1.07. The van der Waals surface area contributed by atoms with Crippen LogP contribution in [0.2, 0.25) is 0 Å². The lowest BCUT2D eigenvalue weighted by Gasteiger charge is -1.82. The van der Waals surface area contributed by atoms with Gasteiger partial charge >= 0.3 is 5.97 Å². The Morgan fingerprint density at radius 2 is 2.56 bits per heavy atom.